The first-order valence-electron chi connectivity index (χ1n) is 10.4. The summed E-state index contributed by atoms with van der Waals surface area (Å²) < 4.78 is 26.6. The maximum atomic E-state index is 13.5. The highest BCUT2D eigenvalue weighted by Gasteiger charge is 2.27. The standard InChI is InChI=1S/C23H22ClF2N5O2/c1-13(32)21(14-2-7-19(26)18(24)10-14)30-23(33)31-9-8-15-11-27-22(29-20(15)12-31)28-17-5-3-16(25)4-6-17/h2-7,10-11,13,21,32H,8-9,12H2,1H3,(H,30,33)(H,27,28,29)/t13-,21+/m0/s1. The van der Waals surface area contributed by atoms with Gasteiger partial charge in [0.05, 0.1) is 29.4 Å². The third-order valence-corrected chi connectivity index (χ3v) is 5.69. The number of carbonyl (C=O) groups excluding carboxylic acids is 1. The number of nitrogens with zero attached hydrogens (tertiary/aromatic N) is 3. The number of hydrogen-bond donors (Lipinski definition) is 3. The predicted molar refractivity (Wildman–Crippen MR) is 120 cm³/mol. The van der Waals surface area contributed by atoms with Gasteiger partial charge in [-0.15, -0.1) is 0 Å². The zero-order valence-corrected chi connectivity index (χ0v) is 18.5. The first-order chi connectivity index (χ1) is 15.8. The van der Waals surface area contributed by atoms with Crippen molar-refractivity contribution in [2.75, 3.05) is 11.9 Å². The van der Waals surface area contributed by atoms with Crippen molar-refractivity contribution in [3.05, 3.63) is 82.1 Å². The van der Waals surface area contributed by atoms with Crippen LogP contribution in [0.5, 0.6) is 0 Å². The highest BCUT2D eigenvalue weighted by molar-refractivity contribution is 6.30. The molecule has 0 saturated heterocycles. The van der Waals surface area contributed by atoms with Gasteiger partial charge in [0.15, 0.2) is 0 Å². The van der Waals surface area contributed by atoms with Crippen LogP contribution in [0.25, 0.3) is 0 Å². The maximum absolute atomic E-state index is 13.5. The summed E-state index contributed by atoms with van der Waals surface area (Å²) >= 11 is 5.87. The minimum absolute atomic E-state index is 0.0859. The highest BCUT2D eigenvalue weighted by atomic mass is 35.5. The van der Waals surface area contributed by atoms with Crippen molar-refractivity contribution in [3.63, 3.8) is 0 Å². The van der Waals surface area contributed by atoms with E-state index in [1.165, 1.54) is 37.3 Å². The molecule has 33 heavy (non-hydrogen) atoms. The van der Waals surface area contributed by atoms with E-state index in [-0.39, 0.29) is 17.4 Å². The van der Waals surface area contributed by atoms with Gasteiger partial charge < -0.3 is 20.6 Å². The molecule has 172 valence electrons. The summed E-state index contributed by atoms with van der Waals surface area (Å²) in [5.74, 6) is -0.578. The number of hydrogen-bond acceptors (Lipinski definition) is 5. The Kier molecular flexibility index (Phi) is 6.71. The molecule has 0 aliphatic carbocycles. The van der Waals surface area contributed by atoms with Gasteiger partial charge in [-0.2, -0.15) is 0 Å². The normalized spacial score (nSPS) is 14.9. The maximum Gasteiger partial charge on any atom is 0.318 e. The van der Waals surface area contributed by atoms with Gasteiger partial charge in [0.25, 0.3) is 0 Å². The van der Waals surface area contributed by atoms with Crippen molar-refractivity contribution < 1.29 is 18.7 Å². The van der Waals surface area contributed by atoms with Gasteiger partial charge in [-0.3, -0.25) is 0 Å². The van der Waals surface area contributed by atoms with Crippen molar-refractivity contribution in [2.24, 2.45) is 0 Å². The molecule has 1 aliphatic heterocycles. The molecule has 4 rings (SSSR count). The average molecular weight is 474 g/mol. The third kappa shape index (κ3) is 5.37. The van der Waals surface area contributed by atoms with Crippen LogP contribution >= 0.6 is 11.6 Å². The van der Waals surface area contributed by atoms with E-state index < -0.39 is 24.0 Å². The summed E-state index contributed by atoms with van der Waals surface area (Å²) in [5.41, 5.74) is 2.75. The zero-order chi connectivity index (χ0) is 23.5. The summed E-state index contributed by atoms with van der Waals surface area (Å²) in [5, 5.41) is 15.9. The van der Waals surface area contributed by atoms with E-state index in [2.05, 4.69) is 20.6 Å². The average Bonchev–Trinajstić information content (AvgIpc) is 2.80. The molecule has 2 aromatic carbocycles. The molecule has 3 aromatic rings. The number of rotatable bonds is 5. The number of aromatic nitrogens is 2. The minimum atomic E-state index is -0.929. The topological polar surface area (TPSA) is 90.4 Å². The van der Waals surface area contributed by atoms with E-state index in [4.69, 9.17) is 11.6 Å². The van der Waals surface area contributed by atoms with E-state index in [0.29, 0.717) is 35.9 Å². The molecule has 1 aliphatic rings. The number of aliphatic hydroxyl groups excluding tert-OH is 1. The Bertz CT molecular complexity index is 1160. The quantitative estimate of drug-likeness (QED) is 0.513. The molecule has 3 N–H and O–H groups in total. The first kappa shape index (κ1) is 22.9. The Balaban J connectivity index is 1.47. The summed E-state index contributed by atoms with van der Waals surface area (Å²) in [6.07, 6.45) is 1.35. The molecular weight excluding hydrogens is 452 g/mol. The molecule has 2 atom stereocenters. The molecule has 7 nitrogen and oxygen atoms in total. The largest absolute Gasteiger partial charge is 0.391 e. The number of amides is 2. The smallest absolute Gasteiger partial charge is 0.318 e. The fourth-order valence-electron chi connectivity index (χ4n) is 3.61. The first-order valence-corrected chi connectivity index (χ1v) is 10.7. The zero-order valence-electron chi connectivity index (χ0n) is 17.7. The molecule has 10 heteroatoms. The molecule has 0 unspecified atom stereocenters. The minimum Gasteiger partial charge on any atom is -0.391 e. The van der Waals surface area contributed by atoms with E-state index in [1.54, 1.807) is 23.2 Å². The molecular formula is C23H22ClF2N5O2. The monoisotopic (exact) mass is 473 g/mol. The van der Waals surface area contributed by atoms with Crippen molar-refractivity contribution in [2.45, 2.75) is 32.0 Å². The van der Waals surface area contributed by atoms with Crippen LogP contribution in [0.2, 0.25) is 5.02 Å². The van der Waals surface area contributed by atoms with Crippen molar-refractivity contribution in [1.29, 1.82) is 0 Å². The number of halogens is 3. The SMILES string of the molecule is C[C@H](O)[C@@H](NC(=O)N1CCc2cnc(Nc3ccc(F)cc3)nc2C1)c1ccc(F)c(Cl)c1. The van der Waals surface area contributed by atoms with Crippen LogP contribution in [-0.4, -0.2) is 38.7 Å². The van der Waals surface area contributed by atoms with Crippen LogP contribution in [0.4, 0.5) is 25.2 Å². The van der Waals surface area contributed by atoms with Crippen molar-refractivity contribution >= 4 is 29.3 Å². The molecule has 0 fully saturated rings. The number of benzene rings is 2. The number of aliphatic hydroxyl groups is 1. The molecule has 0 bridgehead atoms. The molecule has 2 heterocycles. The number of nitrogens with one attached hydrogen (secondary N) is 2. The van der Waals surface area contributed by atoms with Crippen LogP contribution in [-0.2, 0) is 13.0 Å². The lowest BCUT2D eigenvalue weighted by Crippen LogP contribution is -2.46. The van der Waals surface area contributed by atoms with Crippen LogP contribution in [0.1, 0.15) is 29.8 Å². The van der Waals surface area contributed by atoms with Crippen LogP contribution in [0.3, 0.4) is 0 Å². The fraction of sp³-hybridized carbons (Fsp3) is 0.261. The van der Waals surface area contributed by atoms with Crippen LogP contribution < -0.4 is 10.6 Å². The second-order valence-electron chi connectivity index (χ2n) is 7.81. The van der Waals surface area contributed by atoms with E-state index >= 15 is 0 Å². The lowest BCUT2D eigenvalue weighted by atomic mass is 10.0. The van der Waals surface area contributed by atoms with Gasteiger partial charge in [0, 0.05) is 18.4 Å². The number of fused-ring (bicyclic) bond motifs is 1. The lowest BCUT2D eigenvalue weighted by molar-refractivity contribution is 0.134. The third-order valence-electron chi connectivity index (χ3n) is 5.40. The van der Waals surface area contributed by atoms with E-state index in [9.17, 15) is 18.7 Å². The highest BCUT2D eigenvalue weighted by Crippen LogP contribution is 2.25. The molecule has 0 radical (unpaired) electrons. The van der Waals surface area contributed by atoms with Crippen LogP contribution in [0, 0.1) is 11.6 Å². The molecule has 0 spiro atoms. The molecule has 0 saturated carbocycles. The lowest BCUT2D eigenvalue weighted by Gasteiger charge is -2.31. The summed E-state index contributed by atoms with van der Waals surface area (Å²) in [7, 11) is 0. The van der Waals surface area contributed by atoms with Crippen LogP contribution in [0.15, 0.2) is 48.7 Å². The second kappa shape index (κ2) is 9.68. The van der Waals surface area contributed by atoms with Gasteiger partial charge in [-0.25, -0.2) is 23.5 Å². The number of anilines is 2. The Hall–Kier alpha value is -3.30. The second-order valence-corrected chi connectivity index (χ2v) is 8.22. The van der Waals surface area contributed by atoms with Gasteiger partial charge in [0.2, 0.25) is 5.95 Å². The Morgan fingerprint density at radius 3 is 2.67 bits per heavy atom. The van der Waals surface area contributed by atoms with E-state index in [0.717, 1.165) is 5.56 Å². The van der Waals surface area contributed by atoms with Crippen molar-refractivity contribution in [1.82, 2.24) is 20.2 Å². The molecule has 1 aromatic heterocycles. The summed E-state index contributed by atoms with van der Waals surface area (Å²) in [6.45, 7) is 2.23. The molecule has 2 amide bonds. The Morgan fingerprint density at radius 1 is 1.21 bits per heavy atom. The van der Waals surface area contributed by atoms with Gasteiger partial charge >= 0.3 is 6.03 Å². The predicted octanol–water partition coefficient (Wildman–Crippen LogP) is 4.34. The van der Waals surface area contributed by atoms with Crippen molar-refractivity contribution in [3.8, 4) is 0 Å². The fourth-order valence-corrected chi connectivity index (χ4v) is 3.80. The summed E-state index contributed by atoms with van der Waals surface area (Å²) in [6, 6.07) is 8.73. The van der Waals surface area contributed by atoms with Gasteiger partial charge in [-0.1, -0.05) is 17.7 Å². The Labute approximate surface area is 194 Å². The summed E-state index contributed by atoms with van der Waals surface area (Å²) in [4.78, 5) is 23.3. The van der Waals surface area contributed by atoms with Gasteiger partial charge in [-0.05, 0) is 60.9 Å². The number of carbonyl (C=O) groups is 1. The number of urea groups is 1. The van der Waals surface area contributed by atoms with Gasteiger partial charge in [0.1, 0.15) is 11.6 Å². The van der Waals surface area contributed by atoms with E-state index in [1.807, 2.05) is 0 Å². The Morgan fingerprint density at radius 2 is 1.97 bits per heavy atom.